The average Bonchev–Trinajstić information content (AvgIpc) is 2.03. The lowest BCUT2D eigenvalue weighted by molar-refractivity contribution is 0.623. The highest BCUT2D eigenvalue weighted by Crippen LogP contribution is 2.08. The van der Waals surface area contributed by atoms with Crippen LogP contribution in [0.15, 0.2) is 23.8 Å². The SMILES string of the molecule is CC(C)NCC1=CCCC=C1.[HH]. The van der Waals surface area contributed by atoms with E-state index in [1.165, 1.54) is 18.4 Å². The average molecular weight is 153 g/mol. The Bertz CT molecular complexity index is 171. The first-order valence-corrected chi connectivity index (χ1v) is 4.38. The number of hydrogen-bond acceptors (Lipinski definition) is 1. The van der Waals surface area contributed by atoms with Gasteiger partial charge in [0.05, 0.1) is 0 Å². The van der Waals surface area contributed by atoms with E-state index in [1.54, 1.807) is 0 Å². The Hall–Kier alpha value is -0.560. The Labute approximate surface area is 70.7 Å². The first-order valence-electron chi connectivity index (χ1n) is 4.38. The maximum Gasteiger partial charge on any atom is 0.0204 e. The predicted molar refractivity (Wildman–Crippen MR) is 51.7 cm³/mol. The van der Waals surface area contributed by atoms with E-state index in [-0.39, 0.29) is 1.43 Å². The third-order valence-corrected chi connectivity index (χ3v) is 1.79. The van der Waals surface area contributed by atoms with E-state index >= 15 is 0 Å². The van der Waals surface area contributed by atoms with Crippen LogP contribution in [0.25, 0.3) is 0 Å². The van der Waals surface area contributed by atoms with Crippen molar-refractivity contribution in [3.8, 4) is 0 Å². The zero-order valence-corrected chi connectivity index (χ0v) is 7.43. The van der Waals surface area contributed by atoms with Crippen LogP contribution in [0.1, 0.15) is 28.1 Å². The molecule has 0 aromatic heterocycles. The van der Waals surface area contributed by atoms with Gasteiger partial charge in [-0.1, -0.05) is 32.1 Å². The standard InChI is InChI=1S/C10H17N.H2/c1-9(2)11-8-10-6-4-3-5-7-10;/h4,6-7,9,11H,3,5,8H2,1-2H3;1H. The van der Waals surface area contributed by atoms with Gasteiger partial charge in [-0.2, -0.15) is 0 Å². The molecule has 0 aromatic carbocycles. The molecule has 0 heterocycles. The van der Waals surface area contributed by atoms with Crippen LogP contribution < -0.4 is 5.32 Å². The van der Waals surface area contributed by atoms with Crippen LogP contribution >= 0.6 is 0 Å². The molecule has 0 fully saturated rings. The van der Waals surface area contributed by atoms with Gasteiger partial charge in [-0.25, -0.2) is 0 Å². The maximum absolute atomic E-state index is 3.40. The molecule has 1 rings (SSSR count). The second-order valence-electron chi connectivity index (χ2n) is 3.29. The molecule has 0 aromatic rings. The van der Waals surface area contributed by atoms with Gasteiger partial charge in [-0.15, -0.1) is 0 Å². The highest BCUT2D eigenvalue weighted by molar-refractivity contribution is 5.23. The van der Waals surface area contributed by atoms with Crippen molar-refractivity contribution < 1.29 is 1.43 Å². The molecule has 0 bridgehead atoms. The van der Waals surface area contributed by atoms with Gasteiger partial charge in [0.15, 0.2) is 0 Å². The summed E-state index contributed by atoms with van der Waals surface area (Å²) in [6.45, 7) is 5.37. The van der Waals surface area contributed by atoms with Crippen molar-refractivity contribution in [3.63, 3.8) is 0 Å². The molecular formula is C10H19N. The molecule has 64 valence electrons. The number of hydrogen-bond donors (Lipinski definition) is 1. The van der Waals surface area contributed by atoms with Crippen LogP contribution in [0.2, 0.25) is 0 Å². The third kappa shape index (κ3) is 3.38. The second kappa shape index (κ2) is 4.35. The number of allylic oxidation sites excluding steroid dienone is 2. The van der Waals surface area contributed by atoms with Gasteiger partial charge in [0, 0.05) is 14.0 Å². The van der Waals surface area contributed by atoms with Crippen LogP contribution in [0.4, 0.5) is 0 Å². The van der Waals surface area contributed by atoms with E-state index in [9.17, 15) is 0 Å². The Morgan fingerprint density at radius 1 is 1.55 bits per heavy atom. The maximum atomic E-state index is 3.40. The van der Waals surface area contributed by atoms with Crippen molar-refractivity contribution in [2.75, 3.05) is 6.54 Å². The first kappa shape index (κ1) is 8.54. The largest absolute Gasteiger partial charge is 0.310 e. The fourth-order valence-corrected chi connectivity index (χ4v) is 1.12. The van der Waals surface area contributed by atoms with Gasteiger partial charge in [0.2, 0.25) is 0 Å². The molecule has 1 heteroatoms. The molecule has 0 amide bonds. The molecule has 1 aliphatic carbocycles. The summed E-state index contributed by atoms with van der Waals surface area (Å²) in [7, 11) is 0. The van der Waals surface area contributed by atoms with Crippen LogP contribution in [-0.2, 0) is 0 Å². The van der Waals surface area contributed by atoms with Crippen LogP contribution in [0.3, 0.4) is 0 Å². The zero-order chi connectivity index (χ0) is 8.10. The lowest BCUT2D eigenvalue weighted by atomic mass is 10.1. The predicted octanol–water partition coefficient (Wildman–Crippen LogP) is 2.51. The van der Waals surface area contributed by atoms with Gasteiger partial charge in [0.25, 0.3) is 0 Å². The summed E-state index contributed by atoms with van der Waals surface area (Å²) in [5, 5.41) is 3.40. The smallest absolute Gasteiger partial charge is 0.0204 e. The summed E-state index contributed by atoms with van der Waals surface area (Å²) >= 11 is 0. The van der Waals surface area contributed by atoms with Crippen LogP contribution in [-0.4, -0.2) is 12.6 Å². The highest BCUT2D eigenvalue weighted by Gasteiger charge is 1.97. The fourth-order valence-electron chi connectivity index (χ4n) is 1.12. The molecule has 11 heavy (non-hydrogen) atoms. The molecular weight excluding hydrogens is 134 g/mol. The molecule has 0 saturated carbocycles. The summed E-state index contributed by atoms with van der Waals surface area (Å²) in [5.41, 5.74) is 1.44. The lowest BCUT2D eigenvalue weighted by Gasteiger charge is -2.10. The van der Waals surface area contributed by atoms with E-state index in [2.05, 4.69) is 37.4 Å². The first-order chi connectivity index (χ1) is 5.29. The second-order valence-corrected chi connectivity index (χ2v) is 3.29. The van der Waals surface area contributed by atoms with Crippen molar-refractivity contribution in [1.29, 1.82) is 0 Å². The third-order valence-electron chi connectivity index (χ3n) is 1.79. The minimum atomic E-state index is 0. The molecule has 0 saturated heterocycles. The van der Waals surface area contributed by atoms with Gasteiger partial charge >= 0.3 is 0 Å². The Kier molecular flexibility index (Phi) is 3.37. The van der Waals surface area contributed by atoms with E-state index in [0.29, 0.717) is 6.04 Å². The van der Waals surface area contributed by atoms with Crippen LogP contribution in [0, 0.1) is 0 Å². The number of rotatable bonds is 3. The Morgan fingerprint density at radius 2 is 2.36 bits per heavy atom. The minimum absolute atomic E-state index is 0. The molecule has 0 atom stereocenters. The minimum Gasteiger partial charge on any atom is -0.310 e. The highest BCUT2D eigenvalue weighted by atomic mass is 14.9. The van der Waals surface area contributed by atoms with Crippen molar-refractivity contribution in [1.82, 2.24) is 5.32 Å². The van der Waals surface area contributed by atoms with Gasteiger partial charge in [-0.05, 0) is 18.4 Å². The molecule has 0 aliphatic heterocycles. The summed E-state index contributed by atoms with van der Waals surface area (Å²) in [6.07, 6.45) is 9.21. The molecule has 1 N–H and O–H groups in total. The van der Waals surface area contributed by atoms with Crippen LogP contribution in [0.5, 0.6) is 0 Å². The van der Waals surface area contributed by atoms with E-state index in [1.807, 2.05) is 0 Å². The summed E-state index contributed by atoms with van der Waals surface area (Å²) in [5.74, 6) is 0. The topological polar surface area (TPSA) is 12.0 Å². The Balaban J connectivity index is 0.00000121. The Morgan fingerprint density at radius 3 is 2.91 bits per heavy atom. The van der Waals surface area contributed by atoms with E-state index < -0.39 is 0 Å². The van der Waals surface area contributed by atoms with Crippen molar-refractivity contribution >= 4 is 0 Å². The van der Waals surface area contributed by atoms with Crippen molar-refractivity contribution in [3.05, 3.63) is 23.8 Å². The molecule has 0 unspecified atom stereocenters. The van der Waals surface area contributed by atoms with Crippen molar-refractivity contribution in [2.45, 2.75) is 32.7 Å². The monoisotopic (exact) mass is 153 g/mol. The summed E-state index contributed by atoms with van der Waals surface area (Å²) < 4.78 is 0. The molecule has 0 spiro atoms. The lowest BCUT2D eigenvalue weighted by Crippen LogP contribution is -2.24. The normalized spacial score (nSPS) is 17.2. The van der Waals surface area contributed by atoms with E-state index in [0.717, 1.165) is 6.54 Å². The van der Waals surface area contributed by atoms with Gasteiger partial charge in [0.1, 0.15) is 0 Å². The van der Waals surface area contributed by atoms with E-state index in [4.69, 9.17) is 0 Å². The summed E-state index contributed by atoms with van der Waals surface area (Å²) in [6, 6.07) is 0.589. The summed E-state index contributed by atoms with van der Waals surface area (Å²) in [4.78, 5) is 0. The van der Waals surface area contributed by atoms with Crippen molar-refractivity contribution in [2.24, 2.45) is 0 Å². The van der Waals surface area contributed by atoms with Gasteiger partial charge < -0.3 is 5.32 Å². The molecule has 1 aliphatic rings. The fraction of sp³-hybridized carbons (Fsp3) is 0.600. The zero-order valence-electron chi connectivity index (χ0n) is 7.43. The molecule has 0 radical (unpaired) electrons. The number of nitrogens with one attached hydrogen (secondary N) is 1. The molecule has 1 nitrogen and oxygen atoms in total. The van der Waals surface area contributed by atoms with Gasteiger partial charge in [-0.3, -0.25) is 0 Å². The quantitative estimate of drug-likeness (QED) is 0.657.